The van der Waals surface area contributed by atoms with Crippen molar-refractivity contribution < 1.29 is 9.53 Å². The fourth-order valence-corrected chi connectivity index (χ4v) is 5.19. The van der Waals surface area contributed by atoms with E-state index in [0.29, 0.717) is 24.5 Å². The molecule has 1 aliphatic heterocycles. The topological polar surface area (TPSA) is 59.4 Å². The number of hydrogen-bond acceptors (Lipinski definition) is 4. The Kier molecular flexibility index (Phi) is 6.79. The maximum atomic E-state index is 11.7. The smallest absolute Gasteiger partial charge is 0.305 e. The Morgan fingerprint density at radius 3 is 2.48 bits per heavy atom. The SMILES string of the molecule is COC(=O)CCCN1C(=S)N[C@@H](c2ccccn2)[C@H]1c1c(C)c(C)n(-c2ccccc2)c1C. The second-order valence-corrected chi connectivity index (χ2v) is 8.77. The molecule has 3 heterocycles. The van der Waals surface area contributed by atoms with Crippen LogP contribution in [-0.2, 0) is 9.53 Å². The number of pyridine rings is 1. The van der Waals surface area contributed by atoms with Gasteiger partial charge in [-0.2, -0.15) is 0 Å². The summed E-state index contributed by atoms with van der Waals surface area (Å²) in [5.41, 5.74) is 6.97. The number of carbonyl (C=O) groups excluding carboxylic acids is 1. The number of nitrogens with zero attached hydrogens (tertiary/aromatic N) is 3. The lowest BCUT2D eigenvalue weighted by atomic mass is 9.93. The van der Waals surface area contributed by atoms with Gasteiger partial charge in [0.15, 0.2) is 5.11 Å². The summed E-state index contributed by atoms with van der Waals surface area (Å²) in [5.74, 6) is -0.204. The predicted molar refractivity (Wildman–Crippen MR) is 133 cm³/mol. The molecule has 0 unspecified atom stereocenters. The van der Waals surface area contributed by atoms with Gasteiger partial charge in [0.25, 0.3) is 0 Å². The molecule has 4 rings (SSSR count). The summed E-state index contributed by atoms with van der Waals surface area (Å²) < 4.78 is 7.14. The van der Waals surface area contributed by atoms with Crippen LogP contribution in [0.3, 0.4) is 0 Å². The van der Waals surface area contributed by atoms with E-state index in [4.69, 9.17) is 17.0 Å². The van der Waals surface area contributed by atoms with Gasteiger partial charge in [0.1, 0.15) is 0 Å². The van der Waals surface area contributed by atoms with Gasteiger partial charge in [0.2, 0.25) is 0 Å². The monoisotopic (exact) mass is 462 g/mol. The third-order valence-electron chi connectivity index (χ3n) is 6.52. The number of carbonyl (C=O) groups is 1. The highest BCUT2D eigenvalue weighted by Gasteiger charge is 2.42. The van der Waals surface area contributed by atoms with Crippen LogP contribution in [0.5, 0.6) is 0 Å². The number of esters is 1. The van der Waals surface area contributed by atoms with Crippen LogP contribution in [0.1, 0.15) is 53.1 Å². The fourth-order valence-electron chi connectivity index (χ4n) is 4.86. The van der Waals surface area contributed by atoms with Crippen LogP contribution >= 0.6 is 12.2 Å². The second kappa shape index (κ2) is 9.75. The number of aromatic nitrogens is 2. The van der Waals surface area contributed by atoms with E-state index in [0.717, 1.165) is 11.4 Å². The highest BCUT2D eigenvalue weighted by molar-refractivity contribution is 7.80. The molecular formula is C26H30N4O2S. The van der Waals surface area contributed by atoms with Crippen molar-refractivity contribution in [2.75, 3.05) is 13.7 Å². The molecule has 1 N–H and O–H groups in total. The maximum absolute atomic E-state index is 11.7. The molecule has 33 heavy (non-hydrogen) atoms. The molecule has 0 spiro atoms. The van der Waals surface area contributed by atoms with Crippen molar-refractivity contribution in [3.05, 3.63) is 82.9 Å². The standard InChI is InChI=1S/C26H30N4O2S/c1-17-18(2)30(20-11-6-5-7-12-20)19(3)23(17)25-24(21-13-8-9-15-27-21)28-26(33)29(25)16-10-14-22(31)32-4/h5-9,11-13,15,24-25H,10,14,16H2,1-4H3,(H,28,33)/t24-,25+/m0/s1. The van der Waals surface area contributed by atoms with Crippen molar-refractivity contribution in [2.45, 2.75) is 45.7 Å². The van der Waals surface area contributed by atoms with E-state index in [1.165, 1.54) is 29.6 Å². The molecular weight excluding hydrogens is 432 g/mol. The zero-order valence-electron chi connectivity index (χ0n) is 19.5. The van der Waals surface area contributed by atoms with Gasteiger partial charge in [-0.25, -0.2) is 0 Å². The zero-order chi connectivity index (χ0) is 23.5. The summed E-state index contributed by atoms with van der Waals surface area (Å²) in [6, 6.07) is 16.3. The molecule has 172 valence electrons. The third kappa shape index (κ3) is 4.37. The van der Waals surface area contributed by atoms with E-state index in [1.54, 1.807) is 0 Å². The van der Waals surface area contributed by atoms with E-state index in [1.807, 2.05) is 30.5 Å². The Balaban J connectivity index is 1.79. The van der Waals surface area contributed by atoms with Crippen molar-refractivity contribution in [1.82, 2.24) is 19.8 Å². The molecule has 3 aromatic rings. The Labute approximate surface area is 200 Å². The largest absolute Gasteiger partial charge is 0.469 e. The molecule has 0 bridgehead atoms. The van der Waals surface area contributed by atoms with E-state index in [9.17, 15) is 4.79 Å². The molecule has 0 amide bonds. The third-order valence-corrected chi connectivity index (χ3v) is 6.88. The van der Waals surface area contributed by atoms with Gasteiger partial charge in [-0.3, -0.25) is 9.78 Å². The average molecular weight is 463 g/mol. The fraction of sp³-hybridized carbons (Fsp3) is 0.346. The number of methoxy groups -OCH3 is 1. The van der Waals surface area contributed by atoms with Crippen LogP contribution in [0, 0.1) is 20.8 Å². The van der Waals surface area contributed by atoms with Gasteiger partial charge in [-0.15, -0.1) is 0 Å². The minimum Gasteiger partial charge on any atom is -0.469 e. The van der Waals surface area contributed by atoms with E-state index < -0.39 is 0 Å². The minimum atomic E-state index is -0.204. The predicted octanol–water partition coefficient (Wildman–Crippen LogP) is 4.72. The van der Waals surface area contributed by atoms with E-state index in [-0.39, 0.29) is 18.1 Å². The molecule has 0 aliphatic carbocycles. The number of para-hydroxylation sites is 1. The lowest BCUT2D eigenvalue weighted by molar-refractivity contribution is -0.140. The quantitative estimate of drug-likeness (QED) is 0.405. The summed E-state index contributed by atoms with van der Waals surface area (Å²) in [5, 5.41) is 4.20. The van der Waals surface area contributed by atoms with Crippen molar-refractivity contribution in [1.29, 1.82) is 0 Å². The molecule has 1 saturated heterocycles. The molecule has 2 atom stereocenters. The Bertz CT molecular complexity index is 1140. The van der Waals surface area contributed by atoms with Crippen LogP contribution in [0.2, 0.25) is 0 Å². The number of benzene rings is 1. The summed E-state index contributed by atoms with van der Waals surface area (Å²) in [7, 11) is 1.42. The van der Waals surface area contributed by atoms with Gasteiger partial charge < -0.3 is 19.5 Å². The van der Waals surface area contributed by atoms with Gasteiger partial charge >= 0.3 is 5.97 Å². The van der Waals surface area contributed by atoms with Crippen LogP contribution in [0.25, 0.3) is 5.69 Å². The van der Waals surface area contributed by atoms with Crippen molar-refractivity contribution in [3.8, 4) is 5.69 Å². The number of ether oxygens (including phenoxy) is 1. The molecule has 1 fully saturated rings. The van der Waals surface area contributed by atoms with Gasteiger partial charge in [-0.1, -0.05) is 24.3 Å². The minimum absolute atomic E-state index is 0.0336. The first-order valence-corrected chi connectivity index (χ1v) is 11.6. The highest BCUT2D eigenvalue weighted by Crippen LogP contribution is 2.43. The normalized spacial score (nSPS) is 17.8. The number of thiocarbonyl (C=S) groups is 1. The van der Waals surface area contributed by atoms with Gasteiger partial charge in [0, 0.05) is 41.8 Å². The molecule has 1 aromatic carbocycles. The van der Waals surface area contributed by atoms with Crippen LogP contribution in [0.15, 0.2) is 54.7 Å². The van der Waals surface area contributed by atoms with Crippen molar-refractivity contribution in [2.24, 2.45) is 0 Å². The van der Waals surface area contributed by atoms with E-state index in [2.05, 4.69) is 64.8 Å². The lowest BCUT2D eigenvalue weighted by Crippen LogP contribution is -2.31. The van der Waals surface area contributed by atoms with Crippen molar-refractivity contribution >= 4 is 23.3 Å². The number of hydrogen-bond donors (Lipinski definition) is 1. The lowest BCUT2D eigenvalue weighted by Gasteiger charge is -2.29. The first-order chi connectivity index (χ1) is 15.9. The van der Waals surface area contributed by atoms with Gasteiger partial charge in [0.05, 0.1) is 24.9 Å². The molecule has 2 aromatic heterocycles. The summed E-state index contributed by atoms with van der Waals surface area (Å²) in [6.07, 6.45) is 2.84. The average Bonchev–Trinajstić information content (AvgIpc) is 3.27. The van der Waals surface area contributed by atoms with Crippen LogP contribution in [-0.4, -0.2) is 39.2 Å². The first-order valence-electron chi connectivity index (χ1n) is 11.2. The molecule has 0 radical (unpaired) electrons. The summed E-state index contributed by atoms with van der Waals surface area (Å²) in [4.78, 5) is 18.6. The first kappa shape index (κ1) is 23.0. The highest BCUT2D eigenvalue weighted by atomic mass is 32.1. The van der Waals surface area contributed by atoms with Crippen LogP contribution < -0.4 is 5.32 Å². The molecule has 7 heteroatoms. The van der Waals surface area contributed by atoms with Crippen molar-refractivity contribution in [3.63, 3.8) is 0 Å². The zero-order valence-corrected chi connectivity index (χ0v) is 20.4. The molecule has 6 nitrogen and oxygen atoms in total. The maximum Gasteiger partial charge on any atom is 0.305 e. The molecule has 0 saturated carbocycles. The second-order valence-electron chi connectivity index (χ2n) is 8.38. The van der Waals surface area contributed by atoms with E-state index >= 15 is 0 Å². The number of nitrogens with one attached hydrogen (secondary N) is 1. The molecule has 1 aliphatic rings. The summed E-state index contributed by atoms with van der Waals surface area (Å²) >= 11 is 5.79. The van der Waals surface area contributed by atoms with Crippen LogP contribution in [0.4, 0.5) is 0 Å². The Hall–Kier alpha value is -3.19. The summed E-state index contributed by atoms with van der Waals surface area (Å²) in [6.45, 7) is 7.17. The number of rotatable bonds is 7. The van der Waals surface area contributed by atoms with Gasteiger partial charge in [-0.05, 0) is 69.2 Å². The Morgan fingerprint density at radius 1 is 1.09 bits per heavy atom. The Morgan fingerprint density at radius 2 is 1.82 bits per heavy atom.